The molecule has 0 spiro atoms. The molecule has 35 heavy (non-hydrogen) atoms. The lowest BCUT2D eigenvalue weighted by atomic mass is 10.1. The lowest BCUT2D eigenvalue weighted by Crippen LogP contribution is -2.26. The van der Waals surface area contributed by atoms with E-state index in [4.69, 9.17) is 18.9 Å². The zero-order valence-electron chi connectivity index (χ0n) is 19.4. The number of benzene rings is 2. The van der Waals surface area contributed by atoms with Gasteiger partial charge in [-0.05, 0) is 42.8 Å². The average Bonchev–Trinajstić information content (AvgIpc) is 2.83. The first-order valence-corrected chi connectivity index (χ1v) is 10.4. The Balaban J connectivity index is 1.75. The minimum Gasteiger partial charge on any atom is -0.493 e. The van der Waals surface area contributed by atoms with Crippen LogP contribution in [0, 0.1) is 18.3 Å². The Bertz CT molecular complexity index is 1370. The lowest BCUT2D eigenvalue weighted by Gasteiger charge is -2.20. The predicted octanol–water partition coefficient (Wildman–Crippen LogP) is 3.28. The van der Waals surface area contributed by atoms with Gasteiger partial charge in [0.2, 0.25) is 5.88 Å². The second kappa shape index (κ2) is 9.56. The van der Waals surface area contributed by atoms with Crippen LogP contribution in [0.15, 0.2) is 36.4 Å². The maximum Gasteiger partial charge on any atom is 0.328 e. The second-order valence-electron chi connectivity index (χ2n) is 7.74. The third kappa shape index (κ3) is 5.06. The zero-order valence-corrected chi connectivity index (χ0v) is 19.4. The Morgan fingerprint density at radius 1 is 1.14 bits per heavy atom. The number of hydrogen-bond acceptors (Lipinski definition) is 9. The highest BCUT2D eigenvalue weighted by Crippen LogP contribution is 2.40. The van der Waals surface area contributed by atoms with Crippen LogP contribution in [-0.4, -0.2) is 54.5 Å². The standard InChI is InChI=1S/C24H21N5O6/c1-13-7-15(23(31)29(2)3)10-16(8-13)34-22-20-21(33-12-19(30)26-20)27-24(28-22)35-18-9-14(11-25)5-6-17(18)32-4/h5-10H,12H2,1-4H3,(H,26,30). The summed E-state index contributed by atoms with van der Waals surface area (Å²) in [4.78, 5) is 34.4. The van der Waals surface area contributed by atoms with Crippen molar-refractivity contribution in [3.05, 3.63) is 53.1 Å². The van der Waals surface area contributed by atoms with Gasteiger partial charge in [-0.2, -0.15) is 15.2 Å². The molecule has 1 aliphatic rings. The number of ether oxygens (including phenoxy) is 4. The molecule has 11 heteroatoms. The summed E-state index contributed by atoms with van der Waals surface area (Å²) in [6, 6.07) is 11.5. The number of aryl methyl sites for hydroxylation is 1. The summed E-state index contributed by atoms with van der Waals surface area (Å²) >= 11 is 0. The Labute approximate surface area is 200 Å². The average molecular weight is 475 g/mol. The Kier molecular flexibility index (Phi) is 6.37. The van der Waals surface area contributed by atoms with E-state index in [1.165, 1.54) is 18.1 Å². The summed E-state index contributed by atoms with van der Waals surface area (Å²) in [5.74, 6) is 0.244. The first-order chi connectivity index (χ1) is 16.8. The highest BCUT2D eigenvalue weighted by atomic mass is 16.5. The van der Waals surface area contributed by atoms with Crippen molar-refractivity contribution in [2.24, 2.45) is 0 Å². The van der Waals surface area contributed by atoms with Gasteiger partial charge in [0.25, 0.3) is 17.7 Å². The summed E-state index contributed by atoms with van der Waals surface area (Å²) in [6.45, 7) is 1.57. The van der Waals surface area contributed by atoms with Crippen LogP contribution in [0.2, 0.25) is 0 Å². The third-order valence-corrected chi connectivity index (χ3v) is 4.84. The van der Waals surface area contributed by atoms with Crippen molar-refractivity contribution in [1.29, 1.82) is 5.26 Å². The quantitative estimate of drug-likeness (QED) is 0.569. The van der Waals surface area contributed by atoms with Crippen molar-refractivity contribution in [2.45, 2.75) is 6.92 Å². The van der Waals surface area contributed by atoms with Gasteiger partial charge in [0, 0.05) is 25.7 Å². The van der Waals surface area contributed by atoms with Crippen LogP contribution in [0.1, 0.15) is 21.5 Å². The van der Waals surface area contributed by atoms with Crippen LogP contribution in [0.5, 0.6) is 35.0 Å². The smallest absolute Gasteiger partial charge is 0.328 e. The second-order valence-corrected chi connectivity index (χ2v) is 7.74. The molecule has 0 saturated heterocycles. The number of nitriles is 1. The van der Waals surface area contributed by atoms with Gasteiger partial charge < -0.3 is 29.2 Å². The maximum absolute atomic E-state index is 12.5. The van der Waals surface area contributed by atoms with E-state index in [0.29, 0.717) is 22.6 Å². The largest absolute Gasteiger partial charge is 0.493 e. The molecular weight excluding hydrogens is 454 g/mol. The number of anilines is 1. The molecule has 4 rings (SSSR count). The molecule has 0 atom stereocenters. The van der Waals surface area contributed by atoms with Crippen molar-refractivity contribution in [3.8, 4) is 41.1 Å². The molecule has 2 amide bonds. The summed E-state index contributed by atoms with van der Waals surface area (Å²) in [7, 11) is 4.76. The Morgan fingerprint density at radius 2 is 1.94 bits per heavy atom. The van der Waals surface area contributed by atoms with Crippen LogP contribution >= 0.6 is 0 Å². The number of nitrogens with one attached hydrogen (secondary N) is 1. The van der Waals surface area contributed by atoms with Crippen molar-refractivity contribution in [2.75, 3.05) is 33.1 Å². The molecule has 0 radical (unpaired) electrons. The van der Waals surface area contributed by atoms with Crippen LogP contribution < -0.4 is 24.3 Å². The number of nitrogens with zero attached hydrogens (tertiary/aromatic N) is 4. The van der Waals surface area contributed by atoms with Crippen LogP contribution in [0.4, 0.5) is 5.69 Å². The summed E-state index contributed by atoms with van der Waals surface area (Å²) in [5, 5.41) is 11.9. The molecule has 1 aromatic heterocycles. The normalized spacial score (nSPS) is 11.9. The topological polar surface area (TPSA) is 136 Å². The van der Waals surface area contributed by atoms with Crippen molar-refractivity contribution >= 4 is 17.5 Å². The number of carbonyl (C=O) groups excluding carboxylic acids is 2. The molecule has 178 valence electrons. The fraction of sp³-hybridized carbons (Fsp3) is 0.208. The SMILES string of the molecule is COc1ccc(C#N)cc1Oc1nc2c(c(Oc3cc(C)cc(C(=O)N(C)C)c3)n1)NC(=O)CO2. The molecule has 1 aliphatic heterocycles. The van der Waals surface area contributed by atoms with E-state index in [1.807, 2.05) is 13.0 Å². The fourth-order valence-electron chi connectivity index (χ4n) is 3.27. The number of carbonyl (C=O) groups is 2. The Morgan fingerprint density at radius 3 is 2.66 bits per heavy atom. The van der Waals surface area contributed by atoms with E-state index in [9.17, 15) is 14.9 Å². The Hall–Kier alpha value is -4.85. The molecule has 0 aliphatic carbocycles. The highest BCUT2D eigenvalue weighted by molar-refractivity contribution is 5.96. The molecule has 2 aromatic carbocycles. The van der Waals surface area contributed by atoms with Gasteiger partial charge in [0.15, 0.2) is 23.8 Å². The molecule has 1 N–H and O–H groups in total. The lowest BCUT2D eigenvalue weighted by molar-refractivity contribution is -0.118. The van der Waals surface area contributed by atoms with Gasteiger partial charge in [-0.3, -0.25) is 9.59 Å². The monoisotopic (exact) mass is 475 g/mol. The van der Waals surface area contributed by atoms with Crippen molar-refractivity contribution in [3.63, 3.8) is 0 Å². The van der Waals surface area contributed by atoms with Crippen LogP contribution in [-0.2, 0) is 4.79 Å². The molecule has 0 saturated carbocycles. The molecule has 0 unspecified atom stereocenters. The summed E-state index contributed by atoms with van der Waals surface area (Å²) in [6.07, 6.45) is 0. The number of amides is 2. The highest BCUT2D eigenvalue weighted by Gasteiger charge is 2.26. The zero-order chi connectivity index (χ0) is 25.1. The van der Waals surface area contributed by atoms with E-state index in [2.05, 4.69) is 15.3 Å². The summed E-state index contributed by atoms with van der Waals surface area (Å²) < 4.78 is 22.5. The fourth-order valence-corrected chi connectivity index (χ4v) is 3.27. The van der Waals surface area contributed by atoms with Gasteiger partial charge in [0.05, 0.1) is 18.7 Å². The van der Waals surface area contributed by atoms with E-state index in [0.717, 1.165) is 5.56 Å². The predicted molar refractivity (Wildman–Crippen MR) is 123 cm³/mol. The van der Waals surface area contributed by atoms with E-state index in [1.54, 1.807) is 44.4 Å². The van der Waals surface area contributed by atoms with Crippen LogP contribution in [0.3, 0.4) is 0 Å². The molecule has 2 heterocycles. The minimum atomic E-state index is -0.407. The van der Waals surface area contributed by atoms with Gasteiger partial charge >= 0.3 is 6.01 Å². The van der Waals surface area contributed by atoms with E-state index in [-0.39, 0.29) is 41.7 Å². The molecule has 0 fully saturated rings. The number of aromatic nitrogens is 2. The third-order valence-electron chi connectivity index (χ3n) is 4.84. The van der Waals surface area contributed by atoms with Crippen molar-refractivity contribution < 1.29 is 28.5 Å². The van der Waals surface area contributed by atoms with E-state index < -0.39 is 5.91 Å². The van der Waals surface area contributed by atoms with Gasteiger partial charge in [-0.25, -0.2) is 0 Å². The van der Waals surface area contributed by atoms with Crippen LogP contribution in [0.25, 0.3) is 0 Å². The molecule has 11 nitrogen and oxygen atoms in total. The molecular formula is C24H21N5O6. The van der Waals surface area contributed by atoms with Gasteiger partial charge in [0.1, 0.15) is 5.75 Å². The van der Waals surface area contributed by atoms with Crippen molar-refractivity contribution in [1.82, 2.24) is 14.9 Å². The number of hydrogen-bond donors (Lipinski definition) is 1. The number of methoxy groups -OCH3 is 1. The van der Waals surface area contributed by atoms with Gasteiger partial charge in [-0.15, -0.1) is 0 Å². The maximum atomic E-state index is 12.5. The number of fused-ring (bicyclic) bond motifs is 1. The number of rotatable bonds is 6. The van der Waals surface area contributed by atoms with E-state index >= 15 is 0 Å². The first kappa shape index (κ1) is 23.3. The van der Waals surface area contributed by atoms with Gasteiger partial charge in [-0.1, -0.05) is 0 Å². The minimum absolute atomic E-state index is 0.0391. The molecule has 3 aromatic rings. The summed E-state index contributed by atoms with van der Waals surface area (Å²) in [5.41, 5.74) is 1.66. The molecule has 0 bridgehead atoms. The first-order valence-electron chi connectivity index (χ1n) is 10.4.